The average Bonchev–Trinajstić information content (AvgIpc) is 3.14. The standard InChI is InChI=1S/C11H6F3N3O.C7H4FNO/c12-11(13,14)8-5-16-17(6-8)10-7(4-15)2-1-3-9(10)18;8-7-5(4-9)2-1-3-6(7)10/h1-3,5-6,18H;1-3,10H. The monoisotopic (exact) mass is 390 g/mol. The molecule has 0 bridgehead atoms. The number of phenolic OH excluding ortho intramolecular Hbond substituents is 2. The van der Waals surface area contributed by atoms with Gasteiger partial charge in [0.2, 0.25) is 0 Å². The molecule has 0 spiro atoms. The van der Waals surface area contributed by atoms with Crippen LogP contribution in [0.3, 0.4) is 0 Å². The first-order chi connectivity index (χ1) is 13.2. The lowest BCUT2D eigenvalue weighted by atomic mass is 10.2. The van der Waals surface area contributed by atoms with Crippen molar-refractivity contribution in [3.8, 4) is 29.3 Å². The lowest BCUT2D eigenvalue weighted by Gasteiger charge is -2.06. The van der Waals surface area contributed by atoms with Crippen LogP contribution in [-0.4, -0.2) is 20.0 Å². The van der Waals surface area contributed by atoms with Gasteiger partial charge in [0.25, 0.3) is 0 Å². The van der Waals surface area contributed by atoms with Crippen molar-refractivity contribution in [3.63, 3.8) is 0 Å². The zero-order valence-corrected chi connectivity index (χ0v) is 13.8. The third kappa shape index (κ3) is 4.37. The van der Waals surface area contributed by atoms with Crippen molar-refractivity contribution in [1.82, 2.24) is 9.78 Å². The Morgan fingerprint density at radius 3 is 2.00 bits per heavy atom. The predicted molar refractivity (Wildman–Crippen MR) is 87.7 cm³/mol. The lowest BCUT2D eigenvalue weighted by Crippen LogP contribution is -2.03. The molecule has 0 aliphatic heterocycles. The van der Waals surface area contributed by atoms with E-state index in [0.717, 1.165) is 10.9 Å². The fourth-order valence-corrected chi connectivity index (χ4v) is 2.06. The van der Waals surface area contributed by atoms with Crippen molar-refractivity contribution in [2.45, 2.75) is 6.18 Å². The topological polar surface area (TPSA) is 106 Å². The van der Waals surface area contributed by atoms with Crippen LogP contribution < -0.4 is 0 Å². The van der Waals surface area contributed by atoms with Crippen molar-refractivity contribution in [3.05, 3.63) is 71.3 Å². The van der Waals surface area contributed by atoms with Crippen molar-refractivity contribution >= 4 is 0 Å². The zero-order valence-electron chi connectivity index (χ0n) is 13.8. The largest absolute Gasteiger partial charge is 0.506 e. The molecule has 1 heterocycles. The molecule has 0 saturated carbocycles. The number of hydrogen-bond donors (Lipinski definition) is 2. The van der Waals surface area contributed by atoms with Crippen LogP contribution in [0.25, 0.3) is 5.69 Å². The summed E-state index contributed by atoms with van der Waals surface area (Å²) in [7, 11) is 0. The number of para-hydroxylation sites is 1. The molecular formula is C18H10F4N4O2. The highest BCUT2D eigenvalue weighted by atomic mass is 19.4. The Hall–Kier alpha value is -4.05. The maximum Gasteiger partial charge on any atom is 0.419 e. The maximum absolute atomic E-state index is 12.5. The highest BCUT2D eigenvalue weighted by Crippen LogP contribution is 2.31. The SMILES string of the molecule is N#Cc1cccc(O)c1-n1cc(C(F)(F)F)cn1.N#Cc1cccc(O)c1F. The molecule has 142 valence electrons. The second kappa shape index (κ2) is 8.10. The number of nitriles is 2. The van der Waals surface area contributed by atoms with E-state index in [-0.39, 0.29) is 22.6 Å². The van der Waals surface area contributed by atoms with Gasteiger partial charge in [-0.05, 0) is 24.3 Å². The van der Waals surface area contributed by atoms with Gasteiger partial charge in [0.15, 0.2) is 11.6 Å². The number of rotatable bonds is 1. The van der Waals surface area contributed by atoms with E-state index in [9.17, 15) is 22.7 Å². The third-order valence-corrected chi connectivity index (χ3v) is 3.37. The van der Waals surface area contributed by atoms with Gasteiger partial charge in [-0.2, -0.15) is 28.8 Å². The van der Waals surface area contributed by atoms with Gasteiger partial charge in [-0.1, -0.05) is 12.1 Å². The van der Waals surface area contributed by atoms with E-state index in [2.05, 4.69) is 5.10 Å². The number of nitrogens with zero attached hydrogens (tertiary/aromatic N) is 4. The van der Waals surface area contributed by atoms with E-state index < -0.39 is 23.3 Å². The van der Waals surface area contributed by atoms with Crippen LogP contribution in [-0.2, 0) is 6.18 Å². The molecule has 0 aliphatic rings. The first kappa shape index (κ1) is 20.3. The van der Waals surface area contributed by atoms with Crippen LogP contribution >= 0.6 is 0 Å². The minimum atomic E-state index is -4.52. The molecule has 0 amide bonds. The highest BCUT2D eigenvalue weighted by molar-refractivity contribution is 5.57. The first-order valence-electron chi connectivity index (χ1n) is 7.41. The minimum Gasteiger partial charge on any atom is -0.506 e. The molecule has 0 radical (unpaired) electrons. The Morgan fingerprint density at radius 1 is 0.929 bits per heavy atom. The first-order valence-corrected chi connectivity index (χ1v) is 7.41. The number of hydrogen-bond acceptors (Lipinski definition) is 5. The summed E-state index contributed by atoms with van der Waals surface area (Å²) < 4.78 is 50.6. The molecule has 2 aromatic carbocycles. The van der Waals surface area contributed by atoms with Gasteiger partial charge in [0, 0.05) is 6.20 Å². The van der Waals surface area contributed by atoms with Gasteiger partial charge < -0.3 is 10.2 Å². The van der Waals surface area contributed by atoms with E-state index in [4.69, 9.17) is 15.6 Å². The molecule has 1 aromatic heterocycles. The molecule has 0 fully saturated rings. The third-order valence-electron chi connectivity index (χ3n) is 3.37. The summed E-state index contributed by atoms with van der Waals surface area (Å²) >= 11 is 0. The predicted octanol–water partition coefficient (Wildman–Crippen LogP) is 3.87. The Bertz CT molecular complexity index is 1080. The molecule has 2 N–H and O–H groups in total. The minimum absolute atomic E-state index is 0.0341. The summed E-state index contributed by atoms with van der Waals surface area (Å²) in [6, 6.07) is 11.4. The quantitative estimate of drug-likeness (QED) is 0.614. The van der Waals surface area contributed by atoms with Gasteiger partial charge >= 0.3 is 6.18 Å². The number of phenols is 2. The number of benzene rings is 2. The molecular weight excluding hydrogens is 380 g/mol. The van der Waals surface area contributed by atoms with E-state index in [0.29, 0.717) is 6.20 Å². The molecule has 3 rings (SSSR count). The second-order valence-corrected chi connectivity index (χ2v) is 5.21. The molecule has 0 aliphatic carbocycles. The molecule has 0 unspecified atom stereocenters. The summed E-state index contributed by atoms with van der Waals surface area (Å²) in [5, 5.41) is 38.9. The van der Waals surface area contributed by atoms with Gasteiger partial charge in [0.05, 0.1) is 22.9 Å². The van der Waals surface area contributed by atoms with Crippen molar-refractivity contribution in [2.24, 2.45) is 0 Å². The number of alkyl halides is 3. The van der Waals surface area contributed by atoms with Gasteiger partial charge in [0.1, 0.15) is 23.6 Å². The number of aromatic hydroxyl groups is 2. The van der Waals surface area contributed by atoms with Crippen molar-refractivity contribution in [1.29, 1.82) is 10.5 Å². The zero-order chi connectivity index (χ0) is 20.9. The van der Waals surface area contributed by atoms with E-state index >= 15 is 0 Å². The smallest absolute Gasteiger partial charge is 0.419 e. The number of halogens is 4. The van der Waals surface area contributed by atoms with Crippen molar-refractivity contribution in [2.75, 3.05) is 0 Å². The molecule has 28 heavy (non-hydrogen) atoms. The summed E-state index contributed by atoms with van der Waals surface area (Å²) in [5.41, 5.74) is -1.13. The van der Waals surface area contributed by atoms with E-state index in [1.807, 2.05) is 0 Å². The van der Waals surface area contributed by atoms with E-state index in [1.165, 1.54) is 36.4 Å². The summed E-state index contributed by atoms with van der Waals surface area (Å²) in [6.45, 7) is 0. The van der Waals surface area contributed by atoms with Crippen molar-refractivity contribution < 1.29 is 27.8 Å². The fourth-order valence-electron chi connectivity index (χ4n) is 2.06. The molecule has 10 heteroatoms. The Labute approximate surface area is 155 Å². The van der Waals surface area contributed by atoms with Crippen LogP contribution in [0.4, 0.5) is 17.6 Å². The van der Waals surface area contributed by atoms with E-state index in [1.54, 1.807) is 12.1 Å². The molecule has 6 nitrogen and oxygen atoms in total. The molecule has 0 atom stereocenters. The van der Waals surface area contributed by atoms with Crippen LogP contribution in [0.1, 0.15) is 16.7 Å². The average molecular weight is 390 g/mol. The highest BCUT2D eigenvalue weighted by Gasteiger charge is 2.32. The lowest BCUT2D eigenvalue weighted by molar-refractivity contribution is -0.137. The van der Waals surface area contributed by atoms with Crippen LogP contribution in [0, 0.1) is 28.5 Å². The van der Waals surface area contributed by atoms with Crippen LogP contribution in [0.2, 0.25) is 0 Å². The van der Waals surface area contributed by atoms with Crippen LogP contribution in [0.15, 0.2) is 48.8 Å². The van der Waals surface area contributed by atoms with Crippen LogP contribution in [0.5, 0.6) is 11.5 Å². The Balaban J connectivity index is 0.000000237. The summed E-state index contributed by atoms with van der Waals surface area (Å²) in [6.07, 6.45) is -3.17. The fraction of sp³-hybridized carbons (Fsp3) is 0.0556. The second-order valence-electron chi connectivity index (χ2n) is 5.21. The molecule has 0 saturated heterocycles. The van der Waals surface area contributed by atoms with Gasteiger partial charge in [-0.15, -0.1) is 0 Å². The van der Waals surface area contributed by atoms with Gasteiger partial charge in [-0.3, -0.25) is 0 Å². The Kier molecular flexibility index (Phi) is 5.86. The maximum atomic E-state index is 12.5. The van der Waals surface area contributed by atoms with Gasteiger partial charge in [-0.25, -0.2) is 9.07 Å². The Morgan fingerprint density at radius 2 is 1.50 bits per heavy atom. The summed E-state index contributed by atoms with van der Waals surface area (Å²) in [5.74, 6) is -1.66. The summed E-state index contributed by atoms with van der Waals surface area (Å²) in [4.78, 5) is 0. The number of aromatic nitrogens is 2. The molecule has 3 aromatic rings. The normalized spacial score (nSPS) is 10.4.